The van der Waals surface area contributed by atoms with Crippen LogP contribution < -0.4 is 15.1 Å². The normalized spacial score (nSPS) is 19.4. The van der Waals surface area contributed by atoms with E-state index in [1.54, 1.807) is 21.1 Å². The van der Waals surface area contributed by atoms with Gasteiger partial charge in [0.25, 0.3) is 0 Å². The van der Waals surface area contributed by atoms with Crippen molar-refractivity contribution in [1.82, 2.24) is 4.90 Å². The van der Waals surface area contributed by atoms with E-state index in [1.807, 2.05) is 0 Å². The van der Waals surface area contributed by atoms with Crippen LogP contribution in [-0.4, -0.2) is 56.3 Å². The van der Waals surface area contributed by atoms with Crippen LogP contribution in [0, 0.1) is 13.8 Å². The van der Waals surface area contributed by atoms with Crippen LogP contribution in [0.15, 0.2) is 35.7 Å². The first-order chi connectivity index (χ1) is 13.5. The smallest absolute Gasteiger partial charge is 0.173 e. The highest BCUT2D eigenvalue weighted by molar-refractivity contribution is 7.80. The van der Waals surface area contributed by atoms with Gasteiger partial charge in [0.2, 0.25) is 0 Å². The number of benzene rings is 1. The Morgan fingerprint density at radius 2 is 1.86 bits per heavy atom. The van der Waals surface area contributed by atoms with Gasteiger partial charge in [0.15, 0.2) is 5.11 Å². The summed E-state index contributed by atoms with van der Waals surface area (Å²) in [5, 5.41) is 6.46. The van der Waals surface area contributed by atoms with Crippen LogP contribution in [0.5, 0.6) is 0 Å². The standard InChI is InChI=1S/C22H32N4S2/c1-18-14-19(2)16-20(15-18)23-22(27)26(17-21-6-4-13-28-21)8-5-7-25-11-9-24(3)10-12-25/h4,6,13-16H,5,7-12,17H2,1-3H3,(H,23,27)/p+2. The molecule has 152 valence electrons. The molecule has 0 aliphatic carbocycles. The van der Waals surface area contributed by atoms with E-state index in [2.05, 4.69) is 66.8 Å². The maximum absolute atomic E-state index is 5.81. The summed E-state index contributed by atoms with van der Waals surface area (Å²) >= 11 is 7.62. The lowest BCUT2D eigenvalue weighted by Gasteiger charge is -2.29. The van der Waals surface area contributed by atoms with Crippen molar-refractivity contribution in [2.45, 2.75) is 26.8 Å². The Hall–Kier alpha value is -1.47. The Labute approximate surface area is 179 Å². The molecule has 28 heavy (non-hydrogen) atoms. The number of thiocarbonyl (C=S) groups is 1. The topological polar surface area (TPSA) is 24.2 Å². The zero-order valence-corrected chi connectivity index (χ0v) is 19.0. The van der Waals surface area contributed by atoms with Gasteiger partial charge in [-0.05, 0) is 60.8 Å². The molecule has 0 bridgehead atoms. The number of rotatable bonds is 7. The fourth-order valence-electron chi connectivity index (χ4n) is 3.89. The predicted molar refractivity (Wildman–Crippen MR) is 124 cm³/mol. The van der Waals surface area contributed by atoms with E-state index in [1.165, 1.54) is 55.1 Å². The first-order valence-corrected chi connectivity index (χ1v) is 11.6. The molecule has 3 N–H and O–H groups in total. The van der Waals surface area contributed by atoms with Gasteiger partial charge in [0, 0.05) is 23.5 Å². The molecule has 0 unspecified atom stereocenters. The number of piperazine rings is 1. The number of nitrogens with zero attached hydrogens (tertiary/aromatic N) is 1. The minimum Gasteiger partial charge on any atom is -0.344 e. The predicted octanol–water partition coefficient (Wildman–Crippen LogP) is 1.37. The third-order valence-electron chi connectivity index (χ3n) is 5.46. The van der Waals surface area contributed by atoms with Crippen LogP contribution in [0.4, 0.5) is 5.69 Å². The van der Waals surface area contributed by atoms with Crippen LogP contribution in [0.3, 0.4) is 0 Å². The highest BCUT2D eigenvalue weighted by Gasteiger charge is 2.20. The molecular formula is C22H34N4S2+2. The summed E-state index contributed by atoms with van der Waals surface area (Å²) in [5.74, 6) is 0. The Bertz CT molecular complexity index is 732. The Morgan fingerprint density at radius 1 is 1.14 bits per heavy atom. The number of anilines is 1. The maximum Gasteiger partial charge on any atom is 0.173 e. The number of quaternary nitrogens is 2. The lowest BCUT2D eigenvalue weighted by molar-refractivity contribution is -1.00. The van der Waals surface area contributed by atoms with Gasteiger partial charge in [-0.1, -0.05) is 12.1 Å². The van der Waals surface area contributed by atoms with Gasteiger partial charge in [-0.15, -0.1) is 11.3 Å². The number of aryl methyl sites for hydroxylation is 2. The van der Waals surface area contributed by atoms with Crippen LogP contribution in [0.25, 0.3) is 0 Å². The van der Waals surface area contributed by atoms with E-state index in [0.717, 1.165) is 23.9 Å². The van der Waals surface area contributed by atoms with Crippen LogP contribution in [-0.2, 0) is 6.54 Å². The molecule has 1 saturated heterocycles. The average molecular weight is 419 g/mol. The van der Waals surface area contributed by atoms with Gasteiger partial charge in [-0.25, -0.2) is 0 Å². The number of thiophene rings is 1. The summed E-state index contributed by atoms with van der Waals surface area (Å²) in [6, 6.07) is 10.8. The quantitative estimate of drug-likeness (QED) is 0.592. The van der Waals surface area contributed by atoms with Gasteiger partial charge in [0.1, 0.15) is 26.2 Å². The minimum absolute atomic E-state index is 0.830. The fourth-order valence-corrected chi connectivity index (χ4v) is 4.89. The number of hydrogen-bond acceptors (Lipinski definition) is 2. The minimum atomic E-state index is 0.830. The molecule has 6 heteroatoms. The molecule has 0 radical (unpaired) electrons. The summed E-state index contributed by atoms with van der Waals surface area (Å²) in [6.45, 7) is 12.6. The van der Waals surface area contributed by atoms with Crippen molar-refractivity contribution in [3.8, 4) is 0 Å². The number of likely N-dealkylation sites (N-methyl/N-ethyl adjacent to an activating group) is 1. The molecule has 0 saturated carbocycles. The monoisotopic (exact) mass is 418 g/mol. The second-order valence-electron chi connectivity index (χ2n) is 8.12. The van der Waals surface area contributed by atoms with Gasteiger partial charge < -0.3 is 20.0 Å². The van der Waals surface area contributed by atoms with Gasteiger partial charge in [-0.3, -0.25) is 0 Å². The molecule has 2 aromatic rings. The lowest BCUT2D eigenvalue weighted by Crippen LogP contribution is -3.27. The van der Waals surface area contributed by atoms with Crippen molar-refractivity contribution < 1.29 is 9.80 Å². The van der Waals surface area contributed by atoms with Crippen molar-refractivity contribution >= 4 is 34.4 Å². The molecule has 3 rings (SSSR count). The van der Waals surface area contributed by atoms with E-state index in [9.17, 15) is 0 Å². The number of hydrogen-bond donors (Lipinski definition) is 3. The fraction of sp³-hybridized carbons (Fsp3) is 0.500. The van der Waals surface area contributed by atoms with Gasteiger partial charge >= 0.3 is 0 Å². The molecule has 0 spiro atoms. The SMILES string of the molecule is Cc1cc(C)cc(NC(=S)N(CCC[NH+]2CC[NH+](C)CC2)Cc2cccs2)c1. The van der Waals surface area contributed by atoms with Crippen molar-refractivity contribution in [1.29, 1.82) is 0 Å². The maximum atomic E-state index is 5.81. The molecule has 1 fully saturated rings. The Kier molecular flexibility index (Phi) is 7.85. The van der Waals surface area contributed by atoms with E-state index in [4.69, 9.17) is 12.2 Å². The van der Waals surface area contributed by atoms with Crippen LogP contribution in [0.2, 0.25) is 0 Å². The van der Waals surface area contributed by atoms with Crippen molar-refractivity contribution in [2.75, 3.05) is 51.6 Å². The highest BCUT2D eigenvalue weighted by atomic mass is 32.1. The van der Waals surface area contributed by atoms with Gasteiger partial charge in [-0.2, -0.15) is 0 Å². The molecular weight excluding hydrogens is 384 g/mol. The van der Waals surface area contributed by atoms with E-state index >= 15 is 0 Å². The van der Waals surface area contributed by atoms with E-state index < -0.39 is 0 Å². The van der Waals surface area contributed by atoms with Crippen molar-refractivity contribution in [2.24, 2.45) is 0 Å². The van der Waals surface area contributed by atoms with Crippen LogP contribution in [0.1, 0.15) is 22.4 Å². The second kappa shape index (κ2) is 10.3. The molecule has 1 aliphatic heterocycles. The third-order valence-corrected chi connectivity index (χ3v) is 6.68. The van der Waals surface area contributed by atoms with E-state index in [0.29, 0.717) is 0 Å². The summed E-state index contributed by atoms with van der Waals surface area (Å²) in [6.07, 6.45) is 1.18. The van der Waals surface area contributed by atoms with Crippen molar-refractivity contribution in [3.05, 3.63) is 51.7 Å². The molecule has 2 heterocycles. The molecule has 1 aromatic heterocycles. The Balaban J connectivity index is 1.58. The number of nitrogens with one attached hydrogen (secondary N) is 3. The Morgan fingerprint density at radius 3 is 2.50 bits per heavy atom. The zero-order valence-electron chi connectivity index (χ0n) is 17.4. The van der Waals surface area contributed by atoms with E-state index in [-0.39, 0.29) is 0 Å². The molecule has 0 amide bonds. The van der Waals surface area contributed by atoms with Crippen LogP contribution >= 0.6 is 23.6 Å². The molecule has 0 atom stereocenters. The zero-order chi connectivity index (χ0) is 19.9. The highest BCUT2D eigenvalue weighted by Crippen LogP contribution is 2.17. The largest absolute Gasteiger partial charge is 0.344 e. The second-order valence-corrected chi connectivity index (χ2v) is 9.54. The third kappa shape index (κ3) is 6.55. The summed E-state index contributed by atoms with van der Waals surface area (Å²) in [5.41, 5.74) is 3.61. The first-order valence-electron chi connectivity index (χ1n) is 10.3. The molecule has 1 aromatic carbocycles. The van der Waals surface area contributed by atoms with Crippen molar-refractivity contribution in [3.63, 3.8) is 0 Å². The van der Waals surface area contributed by atoms with Gasteiger partial charge in [0.05, 0.1) is 20.1 Å². The molecule has 4 nitrogen and oxygen atoms in total. The summed E-state index contributed by atoms with van der Waals surface area (Å²) in [4.78, 5) is 7.11. The average Bonchev–Trinajstić information content (AvgIpc) is 3.15. The molecule has 1 aliphatic rings. The lowest BCUT2D eigenvalue weighted by atomic mass is 10.1. The summed E-state index contributed by atoms with van der Waals surface area (Å²) < 4.78 is 0. The first kappa shape index (κ1) is 21.2. The summed E-state index contributed by atoms with van der Waals surface area (Å²) in [7, 11) is 2.30.